The van der Waals surface area contributed by atoms with Crippen LogP contribution in [-0.4, -0.2) is 43.8 Å². The highest BCUT2D eigenvalue weighted by Gasteiger charge is 2.34. The van der Waals surface area contributed by atoms with Gasteiger partial charge in [0.25, 0.3) is 10.0 Å². The third-order valence-corrected chi connectivity index (χ3v) is 9.58. The lowest BCUT2D eigenvalue weighted by Gasteiger charge is -2.34. The van der Waals surface area contributed by atoms with E-state index in [1.807, 2.05) is 26.0 Å². The van der Waals surface area contributed by atoms with Crippen molar-refractivity contribution in [3.8, 4) is 0 Å². The van der Waals surface area contributed by atoms with E-state index >= 15 is 0 Å². The number of halogens is 1. The van der Waals surface area contributed by atoms with Crippen LogP contribution in [0.15, 0.2) is 83.8 Å². The number of aryl methyl sites for hydroxylation is 1. The molecule has 9 heteroatoms. The van der Waals surface area contributed by atoms with Gasteiger partial charge in [0, 0.05) is 17.6 Å². The summed E-state index contributed by atoms with van der Waals surface area (Å²) in [5.74, 6) is -0.681. The molecule has 0 aliphatic heterocycles. The molecule has 2 amide bonds. The first kappa shape index (κ1) is 30.6. The fraction of sp³-hybridized carbons (Fsp3) is 0.375. The predicted octanol–water partition coefficient (Wildman–Crippen LogP) is 6.10. The number of rotatable bonds is 11. The summed E-state index contributed by atoms with van der Waals surface area (Å²) in [5.41, 5.74) is 2.09. The molecule has 218 valence electrons. The van der Waals surface area contributed by atoms with Crippen molar-refractivity contribution in [3.05, 3.63) is 95.0 Å². The average molecular weight is 596 g/mol. The van der Waals surface area contributed by atoms with Crippen LogP contribution in [0.4, 0.5) is 5.69 Å². The van der Waals surface area contributed by atoms with Gasteiger partial charge in [0.1, 0.15) is 12.6 Å². The van der Waals surface area contributed by atoms with Crippen LogP contribution in [0.25, 0.3) is 0 Å². The SMILES string of the molecule is CC[C@@H](C(=O)NC1CCCCC1)N(Cc1ccc(Cl)cc1)C(=O)CN(c1ccccc1)S(=O)(=O)c1ccc(C)cc1. The van der Waals surface area contributed by atoms with Gasteiger partial charge in [-0.05, 0) is 68.1 Å². The van der Waals surface area contributed by atoms with Gasteiger partial charge in [-0.2, -0.15) is 0 Å². The maximum absolute atomic E-state index is 14.1. The van der Waals surface area contributed by atoms with Crippen LogP contribution in [0, 0.1) is 6.92 Å². The normalized spacial score (nSPS) is 14.7. The summed E-state index contributed by atoms with van der Waals surface area (Å²) in [6, 6.07) is 21.5. The molecule has 1 aliphatic carbocycles. The van der Waals surface area contributed by atoms with Crippen LogP contribution in [0.1, 0.15) is 56.6 Å². The molecule has 0 bridgehead atoms. The first-order chi connectivity index (χ1) is 19.7. The van der Waals surface area contributed by atoms with Crippen LogP contribution >= 0.6 is 11.6 Å². The van der Waals surface area contributed by atoms with Crippen molar-refractivity contribution in [1.29, 1.82) is 0 Å². The second-order valence-electron chi connectivity index (χ2n) is 10.6. The molecule has 1 atom stereocenters. The van der Waals surface area contributed by atoms with Crippen LogP contribution in [0.5, 0.6) is 0 Å². The molecule has 41 heavy (non-hydrogen) atoms. The number of carbonyl (C=O) groups is 2. The lowest BCUT2D eigenvalue weighted by Crippen LogP contribution is -2.54. The van der Waals surface area contributed by atoms with E-state index in [-0.39, 0.29) is 23.4 Å². The summed E-state index contributed by atoms with van der Waals surface area (Å²) >= 11 is 6.10. The molecule has 1 aliphatic rings. The molecular formula is C32H38ClN3O4S. The molecule has 3 aromatic carbocycles. The number of benzene rings is 3. The molecular weight excluding hydrogens is 558 g/mol. The molecule has 0 aromatic heterocycles. The maximum atomic E-state index is 14.1. The zero-order valence-electron chi connectivity index (χ0n) is 23.6. The van der Waals surface area contributed by atoms with Gasteiger partial charge in [0.15, 0.2) is 0 Å². The Kier molecular flexibility index (Phi) is 10.5. The summed E-state index contributed by atoms with van der Waals surface area (Å²) in [7, 11) is -4.09. The van der Waals surface area contributed by atoms with Gasteiger partial charge in [0.05, 0.1) is 10.6 Å². The fourth-order valence-electron chi connectivity index (χ4n) is 5.21. The van der Waals surface area contributed by atoms with Crippen molar-refractivity contribution in [2.45, 2.75) is 75.9 Å². The molecule has 1 N–H and O–H groups in total. The molecule has 1 saturated carbocycles. The van der Waals surface area contributed by atoms with Crippen LogP contribution < -0.4 is 9.62 Å². The van der Waals surface area contributed by atoms with Gasteiger partial charge < -0.3 is 10.2 Å². The highest BCUT2D eigenvalue weighted by atomic mass is 35.5. The Labute approximate surface area is 248 Å². The summed E-state index contributed by atoms with van der Waals surface area (Å²) in [5, 5.41) is 3.72. The molecule has 1 fully saturated rings. The Morgan fingerprint density at radius 3 is 2.17 bits per heavy atom. The van der Waals surface area contributed by atoms with E-state index in [0.717, 1.165) is 47.5 Å². The van der Waals surface area contributed by atoms with Crippen molar-refractivity contribution in [1.82, 2.24) is 10.2 Å². The van der Waals surface area contributed by atoms with Gasteiger partial charge in [-0.1, -0.05) is 85.8 Å². The molecule has 0 spiro atoms. The molecule has 3 aromatic rings. The van der Waals surface area contributed by atoms with Gasteiger partial charge in [-0.15, -0.1) is 0 Å². The smallest absolute Gasteiger partial charge is 0.264 e. The highest BCUT2D eigenvalue weighted by Crippen LogP contribution is 2.25. The van der Waals surface area contributed by atoms with E-state index in [9.17, 15) is 18.0 Å². The largest absolute Gasteiger partial charge is 0.352 e. The lowest BCUT2D eigenvalue weighted by molar-refractivity contribution is -0.140. The Balaban J connectivity index is 1.68. The van der Waals surface area contributed by atoms with Crippen molar-refractivity contribution in [2.75, 3.05) is 10.8 Å². The van der Waals surface area contributed by atoms with Crippen LogP contribution in [0.2, 0.25) is 5.02 Å². The predicted molar refractivity (Wildman–Crippen MR) is 163 cm³/mol. The zero-order chi connectivity index (χ0) is 29.4. The molecule has 0 saturated heterocycles. The standard InChI is InChI=1S/C32H38ClN3O4S/c1-3-30(32(38)34-27-10-6-4-7-11-27)35(22-25-16-18-26(33)19-17-25)31(37)23-36(28-12-8-5-9-13-28)41(39,40)29-20-14-24(2)15-21-29/h5,8-9,12-21,27,30H,3-4,6-7,10-11,22-23H2,1-2H3,(H,34,38)/t30-/m0/s1. The number of nitrogens with one attached hydrogen (secondary N) is 1. The Hall–Kier alpha value is -3.36. The minimum absolute atomic E-state index is 0.0838. The summed E-state index contributed by atoms with van der Waals surface area (Å²) in [4.78, 5) is 29.3. The Morgan fingerprint density at radius 2 is 1.56 bits per heavy atom. The molecule has 4 rings (SSSR count). The van der Waals surface area contributed by atoms with E-state index in [0.29, 0.717) is 17.1 Å². The number of nitrogens with zero attached hydrogens (tertiary/aromatic N) is 2. The van der Waals surface area contributed by atoms with Gasteiger partial charge in [0.2, 0.25) is 11.8 Å². The topological polar surface area (TPSA) is 86.8 Å². The maximum Gasteiger partial charge on any atom is 0.264 e. The van der Waals surface area contributed by atoms with Gasteiger partial charge in [-0.25, -0.2) is 8.42 Å². The second kappa shape index (κ2) is 14.0. The third-order valence-electron chi connectivity index (χ3n) is 7.54. The number of anilines is 1. The second-order valence-corrected chi connectivity index (χ2v) is 12.9. The van der Waals surface area contributed by atoms with E-state index < -0.39 is 28.5 Å². The average Bonchev–Trinajstić information content (AvgIpc) is 2.98. The number of sulfonamides is 1. The van der Waals surface area contributed by atoms with Crippen LogP contribution in [0.3, 0.4) is 0 Å². The van der Waals surface area contributed by atoms with Crippen molar-refractivity contribution >= 4 is 39.1 Å². The van der Waals surface area contributed by atoms with E-state index in [4.69, 9.17) is 11.6 Å². The monoisotopic (exact) mass is 595 g/mol. The number of hydrogen-bond donors (Lipinski definition) is 1. The fourth-order valence-corrected chi connectivity index (χ4v) is 6.75. The Bertz CT molecular complexity index is 1410. The summed E-state index contributed by atoms with van der Waals surface area (Å²) in [6.07, 6.45) is 5.52. The van der Waals surface area contributed by atoms with E-state index in [2.05, 4.69) is 5.32 Å². The minimum Gasteiger partial charge on any atom is -0.352 e. The number of carbonyl (C=O) groups excluding carboxylic acids is 2. The molecule has 0 heterocycles. The number of hydrogen-bond acceptors (Lipinski definition) is 4. The van der Waals surface area contributed by atoms with Gasteiger partial charge >= 0.3 is 0 Å². The minimum atomic E-state index is -4.09. The zero-order valence-corrected chi connectivity index (χ0v) is 25.2. The third kappa shape index (κ3) is 7.89. The van der Waals surface area contributed by atoms with E-state index in [1.165, 1.54) is 4.90 Å². The number of para-hydroxylation sites is 1. The van der Waals surface area contributed by atoms with Crippen molar-refractivity contribution in [3.63, 3.8) is 0 Å². The molecule has 0 unspecified atom stereocenters. The Morgan fingerprint density at radius 1 is 0.927 bits per heavy atom. The molecule has 7 nitrogen and oxygen atoms in total. The molecule has 0 radical (unpaired) electrons. The summed E-state index contributed by atoms with van der Waals surface area (Å²) < 4.78 is 28.9. The summed E-state index contributed by atoms with van der Waals surface area (Å²) in [6.45, 7) is 3.43. The lowest BCUT2D eigenvalue weighted by atomic mass is 9.95. The van der Waals surface area contributed by atoms with Gasteiger partial charge in [-0.3, -0.25) is 13.9 Å². The first-order valence-electron chi connectivity index (χ1n) is 14.2. The first-order valence-corrected chi connectivity index (χ1v) is 16.0. The van der Waals surface area contributed by atoms with Crippen molar-refractivity contribution in [2.24, 2.45) is 0 Å². The van der Waals surface area contributed by atoms with Crippen LogP contribution in [-0.2, 0) is 26.2 Å². The highest BCUT2D eigenvalue weighted by molar-refractivity contribution is 7.92. The number of amides is 2. The quantitative estimate of drug-likeness (QED) is 0.290. The van der Waals surface area contributed by atoms with Crippen molar-refractivity contribution < 1.29 is 18.0 Å². The van der Waals surface area contributed by atoms with E-state index in [1.54, 1.807) is 66.7 Å².